The van der Waals surface area contributed by atoms with E-state index in [1.54, 1.807) is 6.34 Å². The average Bonchev–Trinajstić information content (AvgIpc) is 3.27. The fourth-order valence-corrected chi connectivity index (χ4v) is 5.56. The van der Waals surface area contributed by atoms with Crippen molar-refractivity contribution < 1.29 is 18.0 Å². The van der Waals surface area contributed by atoms with Crippen LogP contribution in [0.5, 0.6) is 0 Å². The number of nitrogens with one attached hydrogen (secondary N) is 1. The zero-order valence-corrected chi connectivity index (χ0v) is 16.5. The van der Waals surface area contributed by atoms with E-state index in [4.69, 9.17) is 0 Å². The molecule has 4 aliphatic heterocycles. The number of hydrogen-bond donors (Lipinski definition) is 1. The number of nitrogens with zero attached hydrogens (tertiary/aromatic N) is 5. The van der Waals surface area contributed by atoms with Crippen LogP contribution in [-0.4, -0.2) is 90.3 Å². The van der Waals surface area contributed by atoms with Gasteiger partial charge in [0.15, 0.2) is 0 Å². The van der Waals surface area contributed by atoms with Gasteiger partial charge in [0, 0.05) is 44.5 Å². The Balaban J connectivity index is 1.39. The van der Waals surface area contributed by atoms with Crippen LogP contribution in [0, 0.1) is 0 Å². The number of aliphatic imine (C=N–C) groups is 1. The van der Waals surface area contributed by atoms with Crippen LogP contribution in [0.3, 0.4) is 0 Å². The number of hydrogen-bond acceptors (Lipinski definition) is 7. The number of piperazine rings is 1. The Hall–Kier alpha value is -2.20. The number of aromatic nitrogens is 1. The second-order valence-corrected chi connectivity index (χ2v) is 8.62. The minimum Gasteiger partial charge on any atom is -0.371 e. The second-order valence-electron chi connectivity index (χ2n) is 8.62. The van der Waals surface area contributed by atoms with Gasteiger partial charge in [-0.1, -0.05) is 0 Å². The Morgan fingerprint density at radius 3 is 2.80 bits per heavy atom. The molecule has 162 valence electrons. The van der Waals surface area contributed by atoms with E-state index < -0.39 is 11.7 Å². The fraction of sp³-hybridized carbons (Fsp3) is 0.650. The number of alkyl halides is 3. The predicted molar refractivity (Wildman–Crippen MR) is 106 cm³/mol. The molecule has 5 atom stereocenters. The van der Waals surface area contributed by atoms with Gasteiger partial charge in [-0.3, -0.25) is 14.8 Å². The molecule has 10 heteroatoms. The van der Waals surface area contributed by atoms with Crippen LogP contribution in [0.25, 0.3) is 0 Å². The molecule has 0 amide bonds. The normalized spacial score (nSPS) is 34.1. The molecule has 1 aromatic heterocycles. The SMILES string of the molecule is O=CCN1CC2CC(N3CCC4NC=NC4C3)C(C1)N2c1ccc(C(F)(F)F)cn1. The maximum Gasteiger partial charge on any atom is 0.417 e. The first-order chi connectivity index (χ1) is 14.4. The van der Waals surface area contributed by atoms with Crippen molar-refractivity contribution in [3.8, 4) is 0 Å². The summed E-state index contributed by atoms with van der Waals surface area (Å²) < 4.78 is 38.9. The second kappa shape index (κ2) is 7.49. The summed E-state index contributed by atoms with van der Waals surface area (Å²) in [4.78, 5) is 26.6. The highest BCUT2D eigenvalue weighted by Gasteiger charge is 2.50. The molecule has 3 fully saturated rings. The Kier molecular flexibility index (Phi) is 4.93. The van der Waals surface area contributed by atoms with Gasteiger partial charge in [-0.15, -0.1) is 0 Å². The van der Waals surface area contributed by atoms with Crippen molar-refractivity contribution in [2.45, 2.75) is 49.2 Å². The molecular formula is C20H25F3N6O. The van der Waals surface area contributed by atoms with Crippen LogP contribution in [0.4, 0.5) is 19.0 Å². The van der Waals surface area contributed by atoms with E-state index >= 15 is 0 Å². The molecule has 0 aromatic carbocycles. The molecule has 1 aromatic rings. The molecule has 7 nitrogen and oxygen atoms in total. The lowest BCUT2D eigenvalue weighted by atomic mass is 9.97. The van der Waals surface area contributed by atoms with Gasteiger partial charge >= 0.3 is 6.18 Å². The summed E-state index contributed by atoms with van der Waals surface area (Å²) in [5, 5.41) is 3.31. The number of rotatable bonds is 4. The van der Waals surface area contributed by atoms with E-state index in [9.17, 15) is 18.0 Å². The van der Waals surface area contributed by atoms with Gasteiger partial charge in [-0.25, -0.2) is 4.98 Å². The smallest absolute Gasteiger partial charge is 0.371 e. The summed E-state index contributed by atoms with van der Waals surface area (Å²) in [6, 6.07) is 3.73. The molecule has 30 heavy (non-hydrogen) atoms. The molecule has 0 aliphatic carbocycles. The highest BCUT2D eigenvalue weighted by Crippen LogP contribution is 2.38. The van der Waals surface area contributed by atoms with Gasteiger partial charge in [-0.2, -0.15) is 13.2 Å². The van der Waals surface area contributed by atoms with Crippen LogP contribution in [0.15, 0.2) is 23.3 Å². The van der Waals surface area contributed by atoms with Crippen LogP contribution in [0.1, 0.15) is 18.4 Å². The molecule has 5 heterocycles. The molecule has 5 unspecified atom stereocenters. The van der Waals surface area contributed by atoms with E-state index in [1.807, 2.05) is 0 Å². The van der Waals surface area contributed by atoms with Crippen LogP contribution in [-0.2, 0) is 11.0 Å². The average molecular weight is 422 g/mol. The van der Waals surface area contributed by atoms with Crippen LogP contribution in [0.2, 0.25) is 0 Å². The number of anilines is 1. The maximum absolute atomic E-state index is 13.0. The summed E-state index contributed by atoms with van der Waals surface area (Å²) >= 11 is 0. The van der Waals surface area contributed by atoms with Gasteiger partial charge in [0.05, 0.1) is 36.6 Å². The topological polar surface area (TPSA) is 64.1 Å². The van der Waals surface area contributed by atoms with Crippen molar-refractivity contribution in [1.29, 1.82) is 0 Å². The number of piperidine rings is 1. The Morgan fingerprint density at radius 1 is 1.20 bits per heavy atom. The first-order valence-electron chi connectivity index (χ1n) is 10.4. The molecule has 3 saturated heterocycles. The van der Waals surface area contributed by atoms with E-state index in [0.29, 0.717) is 31.5 Å². The number of carbonyl (C=O) groups is 1. The van der Waals surface area contributed by atoms with E-state index in [2.05, 4.69) is 30.0 Å². The number of pyridine rings is 1. The standard InChI is InChI=1S/C20H25F3N6O/c21-20(22,23)13-1-2-19(24-8-13)29-14-7-17(18(29)11-27(9-14)5-6-30)28-4-3-15-16(10-28)26-12-25-15/h1-2,6,8,12,14-18H,3-5,7,9-11H2,(H,25,26). The molecule has 2 bridgehead atoms. The monoisotopic (exact) mass is 422 g/mol. The summed E-state index contributed by atoms with van der Waals surface area (Å²) in [5.74, 6) is 0.585. The van der Waals surface area contributed by atoms with Crippen LogP contribution < -0.4 is 10.2 Å². The summed E-state index contributed by atoms with van der Waals surface area (Å²) in [6.07, 6.45) is 1.19. The number of likely N-dealkylation sites (tertiary alicyclic amines) is 2. The first kappa shape index (κ1) is 19.7. The zero-order valence-electron chi connectivity index (χ0n) is 16.5. The molecule has 0 radical (unpaired) electrons. The number of aldehydes is 1. The molecule has 5 rings (SSSR count). The van der Waals surface area contributed by atoms with E-state index in [-0.39, 0.29) is 24.2 Å². The Labute approximate surface area is 172 Å². The largest absolute Gasteiger partial charge is 0.417 e. The third kappa shape index (κ3) is 3.45. The van der Waals surface area contributed by atoms with Crippen molar-refractivity contribution in [2.75, 3.05) is 37.6 Å². The van der Waals surface area contributed by atoms with Crippen molar-refractivity contribution in [3.05, 3.63) is 23.9 Å². The fourth-order valence-electron chi connectivity index (χ4n) is 5.56. The molecule has 1 N–H and O–H groups in total. The number of carbonyl (C=O) groups excluding carboxylic acids is 1. The molecule has 4 aliphatic rings. The van der Waals surface area contributed by atoms with E-state index in [0.717, 1.165) is 44.5 Å². The van der Waals surface area contributed by atoms with Crippen molar-refractivity contribution >= 4 is 18.4 Å². The van der Waals surface area contributed by atoms with E-state index in [1.165, 1.54) is 6.07 Å². The highest BCUT2D eigenvalue weighted by molar-refractivity contribution is 5.58. The number of halogens is 3. The maximum atomic E-state index is 13.0. The summed E-state index contributed by atoms with van der Waals surface area (Å²) in [6.45, 7) is 3.65. The Bertz CT molecular complexity index is 816. The van der Waals surface area contributed by atoms with Gasteiger partial charge < -0.3 is 15.0 Å². The third-order valence-corrected chi connectivity index (χ3v) is 6.93. The molecular weight excluding hydrogens is 397 g/mol. The quantitative estimate of drug-likeness (QED) is 0.731. The summed E-state index contributed by atoms with van der Waals surface area (Å²) in [7, 11) is 0. The van der Waals surface area contributed by atoms with Crippen LogP contribution >= 0.6 is 0 Å². The minimum absolute atomic E-state index is 0.0860. The van der Waals surface area contributed by atoms with Gasteiger partial charge in [0.25, 0.3) is 0 Å². The van der Waals surface area contributed by atoms with Gasteiger partial charge in [0.1, 0.15) is 12.1 Å². The first-order valence-corrected chi connectivity index (χ1v) is 10.4. The molecule has 0 spiro atoms. The Morgan fingerprint density at radius 2 is 2.07 bits per heavy atom. The van der Waals surface area contributed by atoms with Crippen molar-refractivity contribution in [2.24, 2.45) is 4.99 Å². The number of fused-ring (bicyclic) bond motifs is 3. The lowest BCUT2D eigenvalue weighted by molar-refractivity contribution is -0.137. The highest BCUT2D eigenvalue weighted by atomic mass is 19.4. The van der Waals surface area contributed by atoms with Gasteiger partial charge in [0.2, 0.25) is 0 Å². The minimum atomic E-state index is -4.39. The zero-order chi connectivity index (χ0) is 20.9. The lowest BCUT2D eigenvalue weighted by Gasteiger charge is -2.44. The summed E-state index contributed by atoms with van der Waals surface area (Å²) in [5.41, 5.74) is -0.733. The van der Waals surface area contributed by atoms with Gasteiger partial charge in [-0.05, 0) is 25.0 Å². The van der Waals surface area contributed by atoms with Crippen molar-refractivity contribution in [3.63, 3.8) is 0 Å². The predicted octanol–water partition coefficient (Wildman–Crippen LogP) is 1.01. The molecule has 0 saturated carbocycles. The lowest BCUT2D eigenvalue weighted by Crippen LogP contribution is -2.59. The third-order valence-electron chi connectivity index (χ3n) is 6.93. The van der Waals surface area contributed by atoms with Crippen molar-refractivity contribution in [1.82, 2.24) is 20.1 Å².